The van der Waals surface area contributed by atoms with Crippen LogP contribution in [0.4, 0.5) is 0 Å². The molecule has 0 spiro atoms. The van der Waals surface area contributed by atoms with E-state index in [1.165, 1.54) is 0 Å². The first-order valence-electron chi connectivity index (χ1n) is 8.88. The third-order valence-corrected chi connectivity index (χ3v) is 4.48. The van der Waals surface area contributed by atoms with E-state index >= 15 is 0 Å². The van der Waals surface area contributed by atoms with Crippen LogP contribution in [0.1, 0.15) is 50.0 Å². The third kappa shape index (κ3) is 4.58. The summed E-state index contributed by atoms with van der Waals surface area (Å²) in [7, 11) is 0. The maximum absolute atomic E-state index is 12.4. The molecule has 2 aliphatic heterocycles. The minimum absolute atomic E-state index is 0.134. The monoisotopic (exact) mass is 351 g/mol. The van der Waals surface area contributed by atoms with Crippen molar-refractivity contribution in [2.75, 3.05) is 13.2 Å². The Kier molecular flexibility index (Phi) is 6.04. The number of H-pyrrole nitrogens is 1. The highest BCUT2D eigenvalue weighted by atomic mass is 16.7. The largest absolute Gasteiger partial charge is 0.457 e. The quantitative estimate of drug-likeness (QED) is 0.477. The zero-order valence-electron chi connectivity index (χ0n) is 14.5. The SMILES string of the molecule is Cc1nc(CC(=NO)C2CCCCO2)c(OC2CCCCO2)c(=O)[nH]1. The van der Waals surface area contributed by atoms with Crippen LogP contribution in [0.25, 0.3) is 0 Å². The van der Waals surface area contributed by atoms with E-state index in [0.717, 1.165) is 38.5 Å². The van der Waals surface area contributed by atoms with Crippen LogP contribution in [0, 0.1) is 6.92 Å². The number of nitrogens with one attached hydrogen (secondary N) is 1. The molecule has 8 heteroatoms. The predicted molar refractivity (Wildman–Crippen MR) is 90.3 cm³/mol. The minimum atomic E-state index is -0.446. The molecule has 0 bridgehead atoms. The van der Waals surface area contributed by atoms with Crippen LogP contribution in [0.3, 0.4) is 0 Å². The predicted octanol–water partition coefficient (Wildman–Crippen LogP) is 1.93. The molecule has 8 nitrogen and oxygen atoms in total. The van der Waals surface area contributed by atoms with Gasteiger partial charge in [0, 0.05) is 19.4 Å². The molecular formula is C17H25N3O5. The second kappa shape index (κ2) is 8.44. The van der Waals surface area contributed by atoms with Gasteiger partial charge in [0.1, 0.15) is 5.82 Å². The number of ether oxygens (including phenoxy) is 3. The fourth-order valence-electron chi connectivity index (χ4n) is 3.20. The molecule has 2 fully saturated rings. The van der Waals surface area contributed by atoms with Gasteiger partial charge in [-0.15, -0.1) is 0 Å². The van der Waals surface area contributed by atoms with Crippen molar-refractivity contribution >= 4 is 5.71 Å². The summed E-state index contributed by atoms with van der Waals surface area (Å²) in [5, 5.41) is 12.8. The van der Waals surface area contributed by atoms with Crippen LogP contribution in [0.15, 0.2) is 9.95 Å². The molecule has 1 aromatic rings. The second-order valence-corrected chi connectivity index (χ2v) is 6.46. The van der Waals surface area contributed by atoms with E-state index in [0.29, 0.717) is 30.4 Å². The lowest BCUT2D eigenvalue weighted by Gasteiger charge is -2.25. The molecule has 0 saturated carbocycles. The molecule has 0 aromatic carbocycles. The Morgan fingerprint density at radius 3 is 2.68 bits per heavy atom. The van der Waals surface area contributed by atoms with E-state index in [-0.39, 0.29) is 23.8 Å². The molecule has 2 unspecified atom stereocenters. The van der Waals surface area contributed by atoms with E-state index in [2.05, 4.69) is 15.1 Å². The van der Waals surface area contributed by atoms with Gasteiger partial charge in [-0.05, 0) is 39.0 Å². The van der Waals surface area contributed by atoms with Crippen molar-refractivity contribution in [3.63, 3.8) is 0 Å². The highest BCUT2D eigenvalue weighted by Gasteiger charge is 2.25. The van der Waals surface area contributed by atoms with Gasteiger partial charge in [-0.2, -0.15) is 0 Å². The summed E-state index contributed by atoms with van der Waals surface area (Å²) in [5.74, 6) is 0.619. The molecule has 0 amide bonds. The highest BCUT2D eigenvalue weighted by Crippen LogP contribution is 2.22. The summed E-state index contributed by atoms with van der Waals surface area (Å²) < 4.78 is 17.0. The number of aryl methyl sites for hydroxylation is 1. The van der Waals surface area contributed by atoms with Crippen molar-refractivity contribution in [2.45, 2.75) is 64.3 Å². The van der Waals surface area contributed by atoms with Gasteiger partial charge in [0.15, 0.2) is 6.29 Å². The zero-order chi connectivity index (χ0) is 17.6. The van der Waals surface area contributed by atoms with Gasteiger partial charge in [-0.25, -0.2) is 4.98 Å². The summed E-state index contributed by atoms with van der Waals surface area (Å²) >= 11 is 0. The lowest BCUT2D eigenvalue weighted by Crippen LogP contribution is -2.32. The van der Waals surface area contributed by atoms with Crippen LogP contribution in [-0.4, -0.2) is 46.5 Å². The molecule has 3 heterocycles. The van der Waals surface area contributed by atoms with E-state index in [4.69, 9.17) is 14.2 Å². The minimum Gasteiger partial charge on any atom is -0.457 e. The molecule has 25 heavy (non-hydrogen) atoms. The molecule has 3 rings (SSSR count). The van der Waals surface area contributed by atoms with Gasteiger partial charge in [0.25, 0.3) is 5.56 Å². The first-order valence-corrected chi connectivity index (χ1v) is 8.88. The molecule has 2 atom stereocenters. The Labute approximate surface area is 146 Å². The Hall–Kier alpha value is -1.93. The average molecular weight is 351 g/mol. The average Bonchev–Trinajstić information content (AvgIpc) is 2.64. The van der Waals surface area contributed by atoms with E-state index in [1.807, 2.05) is 0 Å². The molecular weight excluding hydrogens is 326 g/mol. The molecule has 0 radical (unpaired) electrons. The van der Waals surface area contributed by atoms with Crippen LogP contribution in [0.5, 0.6) is 5.75 Å². The van der Waals surface area contributed by atoms with Crippen LogP contribution < -0.4 is 10.3 Å². The van der Waals surface area contributed by atoms with Gasteiger partial charge in [0.2, 0.25) is 5.75 Å². The topological polar surface area (TPSA) is 106 Å². The number of hydrogen-bond donors (Lipinski definition) is 2. The second-order valence-electron chi connectivity index (χ2n) is 6.46. The Morgan fingerprint density at radius 2 is 2.04 bits per heavy atom. The van der Waals surface area contributed by atoms with Crippen molar-refractivity contribution in [3.8, 4) is 5.75 Å². The highest BCUT2D eigenvalue weighted by molar-refractivity contribution is 5.90. The third-order valence-electron chi connectivity index (χ3n) is 4.48. The molecule has 138 valence electrons. The lowest BCUT2D eigenvalue weighted by molar-refractivity contribution is -0.107. The van der Waals surface area contributed by atoms with Crippen molar-refractivity contribution in [2.24, 2.45) is 5.16 Å². The van der Waals surface area contributed by atoms with Crippen LogP contribution in [0.2, 0.25) is 0 Å². The van der Waals surface area contributed by atoms with Crippen LogP contribution >= 0.6 is 0 Å². The zero-order valence-corrected chi connectivity index (χ0v) is 14.5. The normalized spacial score (nSPS) is 24.9. The Bertz CT molecular complexity index is 661. The van der Waals surface area contributed by atoms with Crippen LogP contribution in [-0.2, 0) is 15.9 Å². The molecule has 1 aromatic heterocycles. The standard InChI is InChI=1S/C17H25N3O5/c1-11-18-13(10-12(20-22)14-6-2-4-8-23-14)16(17(21)19-11)25-15-7-3-5-9-24-15/h14-15,22H,2-10H2,1H3,(H,18,19,21). The first-order chi connectivity index (χ1) is 12.2. The van der Waals surface area contributed by atoms with E-state index in [9.17, 15) is 10.0 Å². The summed E-state index contributed by atoms with van der Waals surface area (Å²) in [4.78, 5) is 19.4. The Balaban J connectivity index is 1.82. The van der Waals surface area contributed by atoms with Gasteiger partial charge in [-0.3, -0.25) is 4.79 Å². The van der Waals surface area contributed by atoms with Crippen molar-refractivity contribution in [3.05, 3.63) is 21.9 Å². The maximum Gasteiger partial charge on any atom is 0.293 e. The fraction of sp³-hybridized carbons (Fsp3) is 0.706. The summed E-state index contributed by atoms with van der Waals surface area (Å²) in [5.41, 5.74) is 0.558. The number of nitrogens with zero attached hydrogens (tertiary/aromatic N) is 2. The number of rotatable bonds is 5. The summed E-state index contributed by atoms with van der Waals surface area (Å²) in [6.07, 6.45) is 5.05. The lowest BCUT2D eigenvalue weighted by atomic mass is 10.0. The van der Waals surface area contributed by atoms with Crippen molar-refractivity contribution in [1.82, 2.24) is 9.97 Å². The number of hydrogen-bond acceptors (Lipinski definition) is 7. The number of aromatic nitrogens is 2. The van der Waals surface area contributed by atoms with E-state index in [1.54, 1.807) is 6.92 Å². The number of aromatic amines is 1. The Morgan fingerprint density at radius 1 is 1.28 bits per heavy atom. The molecule has 2 N–H and O–H groups in total. The van der Waals surface area contributed by atoms with E-state index < -0.39 is 6.29 Å². The van der Waals surface area contributed by atoms with Crippen molar-refractivity contribution < 1.29 is 19.4 Å². The smallest absolute Gasteiger partial charge is 0.293 e. The van der Waals surface area contributed by atoms with Gasteiger partial charge < -0.3 is 24.4 Å². The fourth-order valence-corrected chi connectivity index (χ4v) is 3.20. The molecule has 2 saturated heterocycles. The maximum atomic E-state index is 12.4. The molecule has 2 aliphatic rings. The van der Waals surface area contributed by atoms with Gasteiger partial charge >= 0.3 is 0 Å². The van der Waals surface area contributed by atoms with Gasteiger partial charge in [-0.1, -0.05) is 5.16 Å². The summed E-state index contributed by atoms with van der Waals surface area (Å²) in [6.45, 7) is 2.97. The van der Waals surface area contributed by atoms with Gasteiger partial charge in [0.05, 0.1) is 24.1 Å². The summed E-state index contributed by atoms with van der Waals surface area (Å²) in [6, 6.07) is 0. The number of oxime groups is 1. The first kappa shape index (κ1) is 17.9. The van der Waals surface area contributed by atoms with Crippen molar-refractivity contribution in [1.29, 1.82) is 0 Å². The molecule has 0 aliphatic carbocycles.